The van der Waals surface area contributed by atoms with E-state index in [1.165, 1.54) is 5.57 Å². The summed E-state index contributed by atoms with van der Waals surface area (Å²) in [5.41, 5.74) is 1.42. The van der Waals surface area contributed by atoms with Crippen LogP contribution in [-0.4, -0.2) is 5.78 Å². The molecule has 10 heavy (non-hydrogen) atoms. The van der Waals surface area contributed by atoms with Gasteiger partial charge in [-0.3, -0.25) is 4.79 Å². The van der Waals surface area contributed by atoms with Crippen molar-refractivity contribution in [3.05, 3.63) is 11.6 Å². The van der Waals surface area contributed by atoms with Gasteiger partial charge in [0.25, 0.3) is 0 Å². The van der Waals surface area contributed by atoms with Crippen LogP contribution in [0.4, 0.5) is 0 Å². The van der Waals surface area contributed by atoms with Gasteiger partial charge in [0.15, 0.2) is 0 Å². The van der Waals surface area contributed by atoms with Gasteiger partial charge in [-0.05, 0) is 25.7 Å². The molecule has 2 rings (SSSR count). The van der Waals surface area contributed by atoms with Crippen LogP contribution < -0.4 is 0 Å². The number of carbonyl (C=O) groups is 1. The molecule has 0 aliphatic heterocycles. The molecular formula is C9H12O. The Morgan fingerprint density at radius 1 is 1.60 bits per heavy atom. The first kappa shape index (κ1) is 6.14. The fourth-order valence-electron chi connectivity index (χ4n) is 2.18. The van der Waals surface area contributed by atoms with Crippen molar-refractivity contribution in [2.24, 2.45) is 11.8 Å². The van der Waals surface area contributed by atoms with Crippen LogP contribution in [0.3, 0.4) is 0 Å². The third-order valence-corrected chi connectivity index (χ3v) is 2.69. The van der Waals surface area contributed by atoms with Crippen LogP contribution in [0.25, 0.3) is 0 Å². The molecule has 2 atom stereocenters. The standard InChI is InChI=1S/C9H12O/c1-6-4-7-2-3-9(10)8(7)5-6/h4,7-8H,2-3,5H2,1H3. The lowest BCUT2D eigenvalue weighted by Gasteiger charge is -2.03. The zero-order valence-electron chi connectivity index (χ0n) is 6.26. The third-order valence-electron chi connectivity index (χ3n) is 2.69. The average Bonchev–Trinajstić information content (AvgIpc) is 2.35. The number of carbonyl (C=O) groups excluding carboxylic acids is 1. The minimum atomic E-state index is 0.389. The summed E-state index contributed by atoms with van der Waals surface area (Å²) in [6.45, 7) is 2.13. The summed E-state index contributed by atoms with van der Waals surface area (Å²) >= 11 is 0. The summed E-state index contributed by atoms with van der Waals surface area (Å²) in [6, 6.07) is 0. The molecule has 0 aromatic rings. The molecule has 0 heterocycles. The summed E-state index contributed by atoms with van der Waals surface area (Å²) in [5.74, 6) is 1.51. The quantitative estimate of drug-likeness (QED) is 0.465. The number of hydrogen-bond donors (Lipinski definition) is 0. The van der Waals surface area contributed by atoms with Crippen LogP contribution in [0.15, 0.2) is 11.6 Å². The highest BCUT2D eigenvalue weighted by Crippen LogP contribution is 2.39. The van der Waals surface area contributed by atoms with Crippen molar-refractivity contribution < 1.29 is 4.79 Å². The maximum atomic E-state index is 11.2. The topological polar surface area (TPSA) is 17.1 Å². The Labute approximate surface area is 61.1 Å². The number of hydrogen-bond acceptors (Lipinski definition) is 1. The molecule has 0 radical (unpaired) electrons. The van der Waals surface area contributed by atoms with E-state index < -0.39 is 0 Å². The molecule has 1 fully saturated rings. The zero-order valence-corrected chi connectivity index (χ0v) is 6.26. The molecule has 2 aliphatic carbocycles. The molecule has 0 N–H and O–H groups in total. The molecule has 1 heteroatoms. The Hall–Kier alpha value is -0.590. The third kappa shape index (κ3) is 0.731. The molecule has 0 amide bonds. The van der Waals surface area contributed by atoms with Gasteiger partial charge in [-0.25, -0.2) is 0 Å². The summed E-state index contributed by atoms with van der Waals surface area (Å²) in [5, 5.41) is 0. The monoisotopic (exact) mass is 136 g/mol. The predicted molar refractivity (Wildman–Crippen MR) is 39.6 cm³/mol. The van der Waals surface area contributed by atoms with E-state index in [9.17, 15) is 4.79 Å². The first-order chi connectivity index (χ1) is 4.77. The van der Waals surface area contributed by atoms with Gasteiger partial charge in [0.1, 0.15) is 5.78 Å². The summed E-state index contributed by atoms with van der Waals surface area (Å²) in [4.78, 5) is 11.2. The first-order valence-electron chi connectivity index (χ1n) is 3.97. The van der Waals surface area contributed by atoms with Gasteiger partial charge in [-0.2, -0.15) is 0 Å². The van der Waals surface area contributed by atoms with Gasteiger partial charge >= 0.3 is 0 Å². The van der Waals surface area contributed by atoms with Crippen LogP contribution in [0.5, 0.6) is 0 Å². The maximum absolute atomic E-state index is 11.2. The largest absolute Gasteiger partial charge is 0.299 e. The highest BCUT2D eigenvalue weighted by Gasteiger charge is 2.36. The number of allylic oxidation sites excluding steroid dienone is 2. The van der Waals surface area contributed by atoms with Crippen LogP contribution in [-0.2, 0) is 4.79 Å². The second kappa shape index (κ2) is 1.94. The van der Waals surface area contributed by atoms with Crippen molar-refractivity contribution in [3.63, 3.8) is 0 Å². The van der Waals surface area contributed by atoms with E-state index in [2.05, 4.69) is 13.0 Å². The van der Waals surface area contributed by atoms with Gasteiger partial charge in [0.2, 0.25) is 0 Å². The Morgan fingerprint density at radius 2 is 2.40 bits per heavy atom. The van der Waals surface area contributed by atoms with Crippen molar-refractivity contribution in [2.45, 2.75) is 26.2 Å². The Balaban J connectivity index is 2.21. The SMILES string of the molecule is CC1=CC2CCC(=O)C2C1. The highest BCUT2D eigenvalue weighted by molar-refractivity contribution is 5.84. The number of Topliss-reactive ketones (excluding diaryl/α,β-unsaturated/α-hetero) is 1. The van der Waals surface area contributed by atoms with Crippen molar-refractivity contribution in [2.75, 3.05) is 0 Å². The van der Waals surface area contributed by atoms with E-state index in [4.69, 9.17) is 0 Å². The van der Waals surface area contributed by atoms with Crippen molar-refractivity contribution >= 4 is 5.78 Å². The number of ketones is 1. The molecule has 2 aliphatic rings. The molecule has 54 valence electrons. The molecule has 0 spiro atoms. The minimum absolute atomic E-state index is 0.389. The summed E-state index contributed by atoms with van der Waals surface area (Å²) in [6.07, 6.45) is 5.28. The van der Waals surface area contributed by atoms with Gasteiger partial charge in [-0.15, -0.1) is 0 Å². The van der Waals surface area contributed by atoms with Crippen molar-refractivity contribution in [1.82, 2.24) is 0 Å². The van der Waals surface area contributed by atoms with Crippen molar-refractivity contribution in [3.8, 4) is 0 Å². The maximum Gasteiger partial charge on any atom is 0.136 e. The van der Waals surface area contributed by atoms with E-state index in [-0.39, 0.29) is 0 Å². The van der Waals surface area contributed by atoms with E-state index in [1.54, 1.807) is 0 Å². The van der Waals surface area contributed by atoms with Crippen LogP contribution in [0.1, 0.15) is 26.2 Å². The number of rotatable bonds is 0. The second-order valence-electron chi connectivity index (χ2n) is 3.49. The fourth-order valence-corrected chi connectivity index (χ4v) is 2.18. The molecule has 1 nitrogen and oxygen atoms in total. The Bertz CT molecular complexity index is 203. The van der Waals surface area contributed by atoms with Gasteiger partial charge in [-0.1, -0.05) is 11.6 Å². The minimum Gasteiger partial charge on any atom is -0.299 e. The molecule has 0 aromatic heterocycles. The number of fused-ring (bicyclic) bond motifs is 1. The van der Waals surface area contributed by atoms with E-state index in [0.29, 0.717) is 17.6 Å². The molecule has 0 saturated heterocycles. The highest BCUT2D eigenvalue weighted by atomic mass is 16.1. The molecule has 1 saturated carbocycles. The fraction of sp³-hybridized carbons (Fsp3) is 0.667. The molecule has 0 aromatic carbocycles. The first-order valence-corrected chi connectivity index (χ1v) is 3.97. The van der Waals surface area contributed by atoms with Crippen LogP contribution in [0.2, 0.25) is 0 Å². The van der Waals surface area contributed by atoms with E-state index in [0.717, 1.165) is 19.3 Å². The lowest BCUT2D eigenvalue weighted by molar-refractivity contribution is -0.120. The smallest absolute Gasteiger partial charge is 0.136 e. The van der Waals surface area contributed by atoms with E-state index in [1.807, 2.05) is 0 Å². The molecular weight excluding hydrogens is 124 g/mol. The lowest BCUT2D eigenvalue weighted by Crippen LogP contribution is -2.07. The molecule has 2 unspecified atom stereocenters. The van der Waals surface area contributed by atoms with Gasteiger partial charge < -0.3 is 0 Å². The lowest BCUT2D eigenvalue weighted by atomic mass is 9.99. The predicted octanol–water partition coefficient (Wildman–Crippen LogP) is 1.93. The Morgan fingerprint density at radius 3 is 3.10 bits per heavy atom. The zero-order chi connectivity index (χ0) is 7.14. The average molecular weight is 136 g/mol. The normalized spacial score (nSPS) is 38.1. The van der Waals surface area contributed by atoms with Crippen LogP contribution in [0, 0.1) is 11.8 Å². The summed E-state index contributed by atoms with van der Waals surface area (Å²) in [7, 11) is 0. The Kier molecular flexibility index (Phi) is 1.19. The van der Waals surface area contributed by atoms with Gasteiger partial charge in [0.05, 0.1) is 0 Å². The molecule has 0 bridgehead atoms. The van der Waals surface area contributed by atoms with Crippen molar-refractivity contribution in [1.29, 1.82) is 0 Å². The summed E-state index contributed by atoms with van der Waals surface area (Å²) < 4.78 is 0. The van der Waals surface area contributed by atoms with E-state index >= 15 is 0 Å². The van der Waals surface area contributed by atoms with Crippen LogP contribution >= 0.6 is 0 Å². The van der Waals surface area contributed by atoms with Gasteiger partial charge in [0, 0.05) is 12.3 Å². The second-order valence-corrected chi connectivity index (χ2v) is 3.49.